The summed E-state index contributed by atoms with van der Waals surface area (Å²) < 4.78 is 43.3. The highest BCUT2D eigenvalue weighted by atomic mass is 19.4. The Morgan fingerprint density at radius 3 is 2.71 bits per heavy atom. The van der Waals surface area contributed by atoms with Crippen LogP contribution >= 0.6 is 0 Å². The van der Waals surface area contributed by atoms with E-state index < -0.39 is 17.6 Å². The molecular formula is C30H24F3N7O. The summed E-state index contributed by atoms with van der Waals surface area (Å²) in [5.74, 6) is 5.52. The molecule has 0 aliphatic rings. The molecule has 3 heterocycles. The van der Waals surface area contributed by atoms with E-state index in [0.717, 1.165) is 17.3 Å². The van der Waals surface area contributed by atoms with E-state index in [1.165, 1.54) is 18.5 Å². The van der Waals surface area contributed by atoms with E-state index in [1.807, 2.05) is 13.0 Å². The average molecular weight is 556 g/mol. The summed E-state index contributed by atoms with van der Waals surface area (Å²) in [6.45, 7) is 2.59. The van der Waals surface area contributed by atoms with Gasteiger partial charge in [-0.1, -0.05) is 18.1 Å². The van der Waals surface area contributed by atoms with E-state index in [9.17, 15) is 18.0 Å². The molecule has 0 radical (unpaired) electrons. The third-order valence-electron chi connectivity index (χ3n) is 6.30. The molecule has 0 saturated carbocycles. The van der Waals surface area contributed by atoms with Gasteiger partial charge >= 0.3 is 6.18 Å². The van der Waals surface area contributed by atoms with Gasteiger partial charge in [-0.3, -0.25) is 4.79 Å². The summed E-state index contributed by atoms with van der Waals surface area (Å²) in [7, 11) is 0. The largest absolute Gasteiger partial charge is 0.416 e. The molecule has 3 aromatic heterocycles. The fourth-order valence-electron chi connectivity index (χ4n) is 4.15. The number of carbonyl (C=O) groups is 1. The van der Waals surface area contributed by atoms with Crippen LogP contribution in [-0.2, 0) is 19.1 Å². The maximum atomic E-state index is 13.9. The fourth-order valence-corrected chi connectivity index (χ4v) is 4.15. The maximum Gasteiger partial charge on any atom is 0.416 e. The summed E-state index contributed by atoms with van der Waals surface area (Å²) in [4.78, 5) is 25.2. The van der Waals surface area contributed by atoms with Gasteiger partial charge in [-0.2, -0.15) is 18.3 Å². The van der Waals surface area contributed by atoms with E-state index in [4.69, 9.17) is 0 Å². The molecular weight excluding hydrogens is 531 g/mol. The average Bonchev–Trinajstić information content (AvgIpc) is 3.38. The van der Waals surface area contributed by atoms with Gasteiger partial charge in [0.15, 0.2) is 5.65 Å². The summed E-state index contributed by atoms with van der Waals surface area (Å²) in [6.07, 6.45) is 1.82. The number of hydrogen-bond donors (Lipinski definition) is 2. The smallest absolute Gasteiger partial charge is 0.322 e. The van der Waals surface area contributed by atoms with Crippen LogP contribution in [0.1, 0.15) is 44.0 Å². The number of fused-ring (bicyclic) bond motifs is 1. The highest BCUT2D eigenvalue weighted by Gasteiger charge is 2.33. The molecule has 0 atom stereocenters. The zero-order valence-electron chi connectivity index (χ0n) is 21.9. The Bertz CT molecular complexity index is 1760. The van der Waals surface area contributed by atoms with E-state index in [2.05, 4.69) is 42.5 Å². The Labute approximate surface area is 233 Å². The first-order valence-corrected chi connectivity index (χ1v) is 12.7. The Balaban J connectivity index is 1.29. The van der Waals surface area contributed by atoms with Gasteiger partial charge in [0.25, 0.3) is 5.91 Å². The second-order valence-corrected chi connectivity index (χ2v) is 9.17. The number of halogens is 3. The Morgan fingerprint density at radius 2 is 1.90 bits per heavy atom. The van der Waals surface area contributed by atoms with Crippen LogP contribution in [0.2, 0.25) is 0 Å². The van der Waals surface area contributed by atoms with Crippen molar-refractivity contribution in [2.45, 2.75) is 26.1 Å². The zero-order chi connectivity index (χ0) is 28.8. The Kier molecular flexibility index (Phi) is 8.03. The number of aryl methyl sites for hydroxylation is 1. The SMILES string of the molecule is Cc1ccc(C(=O)Nc2ccc(CCNCc3ccncn3)c(C(F)(F)F)c2)cc1C#Cc1cnc2cccnn12. The van der Waals surface area contributed by atoms with Crippen molar-refractivity contribution in [1.82, 2.24) is 29.9 Å². The number of nitrogens with one attached hydrogen (secondary N) is 2. The monoisotopic (exact) mass is 555 g/mol. The highest BCUT2D eigenvalue weighted by molar-refractivity contribution is 6.04. The number of rotatable bonds is 7. The van der Waals surface area contributed by atoms with Crippen molar-refractivity contribution >= 4 is 17.2 Å². The molecule has 0 fully saturated rings. The minimum Gasteiger partial charge on any atom is -0.322 e. The normalized spacial score (nSPS) is 11.2. The summed E-state index contributed by atoms with van der Waals surface area (Å²) in [5.41, 5.74) is 3.07. The second-order valence-electron chi connectivity index (χ2n) is 9.17. The molecule has 0 aliphatic heterocycles. The second kappa shape index (κ2) is 12.0. The molecule has 0 unspecified atom stereocenters. The first kappa shape index (κ1) is 27.5. The van der Waals surface area contributed by atoms with Crippen molar-refractivity contribution in [3.05, 3.63) is 119 Å². The number of benzene rings is 2. The van der Waals surface area contributed by atoms with Gasteiger partial charge < -0.3 is 10.6 Å². The number of imidazole rings is 1. The Hall–Kier alpha value is -5.08. The van der Waals surface area contributed by atoms with Crippen LogP contribution in [0.25, 0.3) is 5.65 Å². The predicted molar refractivity (Wildman–Crippen MR) is 147 cm³/mol. The lowest BCUT2D eigenvalue weighted by atomic mass is 10.0. The van der Waals surface area contributed by atoms with Crippen molar-refractivity contribution in [2.24, 2.45) is 0 Å². The van der Waals surface area contributed by atoms with Crippen LogP contribution in [0.3, 0.4) is 0 Å². The first-order chi connectivity index (χ1) is 19.8. The van der Waals surface area contributed by atoms with Gasteiger partial charge in [0.05, 0.1) is 17.5 Å². The standard InChI is InChI=1S/C30H24F3N7O/c1-20-4-5-23(15-22(20)7-9-26-18-36-28-3-2-12-38-40(26)28)29(41)39-24-8-6-21(27(16-24)30(31,32)33)10-13-34-17-25-11-14-35-19-37-25/h2-6,8,11-12,14-16,18-19,34H,10,13,17H2,1H3,(H,39,41). The molecule has 2 aromatic carbocycles. The van der Waals surface area contributed by atoms with Crippen molar-refractivity contribution in [1.29, 1.82) is 0 Å². The highest BCUT2D eigenvalue weighted by Crippen LogP contribution is 2.34. The quantitative estimate of drug-likeness (QED) is 0.221. The molecule has 5 aromatic rings. The molecule has 41 heavy (non-hydrogen) atoms. The number of nitrogens with zero attached hydrogens (tertiary/aromatic N) is 5. The topological polar surface area (TPSA) is 97.1 Å². The molecule has 2 N–H and O–H groups in total. The van der Waals surface area contributed by atoms with Crippen molar-refractivity contribution in [3.8, 4) is 11.8 Å². The number of carbonyl (C=O) groups excluding carboxylic acids is 1. The first-order valence-electron chi connectivity index (χ1n) is 12.7. The number of hydrogen-bond acceptors (Lipinski definition) is 6. The van der Waals surface area contributed by atoms with Gasteiger partial charge in [-0.05, 0) is 79.4 Å². The molecule has 0 bridgehead atoms. The van der Waals surface area contributed by atoms with Crippen LogP contribution in [-0.4, -0.2) is 37.0 Å². The zero-order valence-corrected chi connectivity index (χ0v) is 21.9. The summed E-state index contributed by atoms with van der Waals surface area (Å²) in [5, 5.41) is 9.91. The van der Waals surface area contributed by atoms with E-state index in [1.54, 1.807) is 53.4 Å². The summed E-state index contributed by atoms with van der Waals surface area (Å²) >= 11 is 0. The van der Waals surface area contributed by atoms with Crippen molar-refractivity contribution in [3.63, 3.8) is 0 Å². The van der Waals surface area contributed by atoms with Crippen LogP contribution in [0.15, 0.2) is 79.5 Å². The number of anilines is 1. The van der Waals surface area contributed by atoms with Crippen LogP contribution < -0.4 is 10.6 Å². The fraction of sp³-hybridized carbons (Fsp3) is 0.167. The number of alkyl halides is 3. The van der Waals surface area contributed by atoms with Crippen LogP contribution in [0.4, 0.5) is 18.9 Å². The van der Waals surface area contributed by atoms with Gasteiger partial charge in [-0.15, -0.1) is 0 Å². The van der Waals surface area contributed by atoms with Gasteiger partial charge in [0.1, 0.15) is 12.0 Å². The minimum absolute atomic E-state index is 0.0463. The third-order valence-corrected chi connectivity index (χ3v) is 6.30. The van der Waals surface area contributed by atoms with Gasteiger partial charge in [0.2, 0.25) is 0 Å². The molecule has 8 nitrogen and oxygen atoms in total. The number of aromatic nitrogens is 5. The lowest BCUT2D eigenvalue weighted by Crippen LogP contribution is -2.20. The summed E-state index contributed by atoms with van der Waals surface area (Å²) in [6, 6.07) is 14.1. The molecule has 5 rings (SSSR count). The van der Waals surface area contributed by atoms with Gasteiger partial charge in [-0.25, -0.2) is 19.5 Å². The minimum atomic E-state index is -4.58. The molecule has 0 aliphatic carbocycles. The van der Waals surface area contributed by atoms with Gasteiger partial charge in [0, 0.05) is 35.8 Å². The lowest BCUT2D eigenvalue weighted by Gasteiger charge is -2.15. The molecule has 11 heteroatoms. The third kappa shape index (κ3) is 6.74. The van der Waals surface area contributed by atoms with E-state index in [0.29, 0.717) is 30.0 Å². The molecule has 0 saturated heterocycles. The number of amides is 1. The van der Waals surface area contributed by atoms with Crippen LogP contribution in [0, 0.1) is 18.8 Å². The molecule has 206 valence electrons. The van der Waals surface area contributed by atoms with Crippen molar-refractivity contribution in [2.75, 3.05) is 11.9 Å². The Morgan fingerprint density at radius 1 is 1.02 bits per heavy atom. The van der Waals surface area contributed by atoms with Crippen molar-refractivity contribution < 1.29 is 18.0 Å². The van der Waals surface area contributed by atoms with E-state index in [-0.39, 0.29) is 23.2 Å². The lowest BCUT2D eigenvalue weighted by molar-refractivity contribution is -0.138. The van der Waals surface area contributed by atoms with Crippen LogP contribution in [0.5, 0.6) is 0 Å². The molecule has 0 spiro atoms. The molecule has 1 amide bonds. The predicted octanol–water partition coefficient (Wildman–Crippen LogP) is 4.83. The van der Waals surface area contributed by atoms with E-state index >= 15 is 0 Å². The maximum absolute atomic E-state index is 13.9.